The van der Waals surface area contributed by atoms with Crippen molar-refractivity contribution in [2.24, 2.45) is 5.84 Å². The number of amides is 1. The Kier molecular flexibility index (Phi) is 3.28. The highest BCUT2D eigenvalue weighted by Gasteiger charge is 2.04. The summed E-state index contributed by atoms with van der Waals surface area (Å²) in [6.45, 7) is 0.264. The van der Waals surface area contributed by atoms with Gasteiger partial charge in [0.1, 0.15) is 0 Å². The van der Waals surface area contributed by atoms with Crippen molar-refractivity contribution in [3.8, 4) is 0 Å². The van der Waals surface area contributed by atoms with Crippen LogP contribution < -0.4 is 16.2 Å². The minimum absolute atomic E-state index is 0.202. The second kappa shape index (κ2) is 4.47. The number of carbonyl (C=O) groups is 1. The third kappa shape index (κ3) is 2.76. The number of nitrogens with zero attached hydrogens (tertiary/aromatic N) is 1. The zero-order valence-electron chi connectivity index (χ0n) is 7.53. The fourth-order valence-electron chi connectivity index (χ4n) is 1.03. The summed E-state index contributed by atoms with van der Waals surface area (Å²) in [5.74, 6) is 4.77. The normalized spacial score (nSPS) is 9.38. The number of likely N-dealkylation sites (N-methyl/N-ethyl adjacent to an activating group) is 1. The highest BCUT2D eigenvalue weighted by molar-refractivity contribution is 5.80. The second-order valence-corrected chi connectivity index (χ2v) is 2.76. The van der Waals surface area contributed by atoms with Gasteiger partial charge in [-0.1, -0.05) is 18.2 Å². The summed E-state index contributed by atoms with van der Waals surface area (Å²) in [6.07, 6.45) is 0. The zero-order valence-corrected chi connectivity index (χ0v) is 7.53. The maximum Gasteiger partial charge on any atom is 0.253 e. The Hall–Kier alpha value is -1.55. The Balaban J connectivity index is 2.59. The molecule has 1 aromatic rings. The van der Waals surface area contributed by atoms with Crippen LogP contribution in [0.25, 0.3) is 0 Å². The number of carbonyl (C=O) groups excluding carboxylic acids is 1. The average Bonchev–Trinajstić information content (AvgIpc) is 2.19. The third-order valence-electron chi connectivity index (χ3n) is 1.74. The van der Waals surface area contributed by atoms with Gasteiger partial charge < -0.3 is 4.90 Å². The quantitative estimate of drug-likeness (QED) is 0.393. The molecule has 0 atom stereocenters. The Bertz CT molecular complexity index is 273. The van der Waals surface area contributed by atoms with E-state index in [2.05, 4.69) is 5.43 Å². The van der Waals surface area contributed by atoms with Crippen LogP contribution >= 0.6 is 0 Å². The minimum Gasteiger partial charge on any atom is -0.365 e. The van der Waals surface area contributed by atoms with Crippen molar-refractivity contribution in [1.82, 2.24) is 5.43 Å². The van der Waals surface area contributed by atoms with Gasteiger partial charge in [-0.25, -0.2) is 5.84 Å². The van der Waals surface area contributed by atoms with Gasteiger partial charge in [-0.2, -0.15) is 0 Å². The van der Waals surface area contributed by atoms with Gasteiger partial charge >= 0.3 is 0 Å². The maximum atomic E-state index is 10.9. The first-order valence-corrected chi connectivity index (χ1v) is 3.99. The van der Waals surface area contributed by atoms with Crippen molar-refractivity contribution < 1.29 is 4.79 Å². The molecule has 4 nitrogen and oxygen atoms in total. The summed E-state index contributed by atoms with van der Waals surface area (Å²) in [6, 6.07) is 9.65. The van der Waals surface area contributed by atoms with Crippen LogP contribution in [0.3, 0.4) is 0 Å². The van der Waals surface area contributed by atoms with Gasteiger partial charge in [-0.05, 0) is 12.1 Å². The lowest BCUT2D eigenvalue weighted by Gasteiger charge is -2.17. The standard InChI is InChI=1S/C9H13N3O/c1-12(7-9(13)11-10)8-5-3-2-4-6-8/h2-6H,7,10H2,1H3,(H,11,13). The molecule has 1 rings (SSSR count). The van der Waals surface area contributed by atoms with Gasteiger partial charge in [0.15, 0.2) is 0 Å². The number of anilines is 1. The fourth-order valence-corrected chi connectivity index (χ4v) is 1.03. The molecule has 0 aliphatic carbocycles. The van der Waals surface area contributed by atoms with Gasteiger partial charge in [0.25, 0.3) is 5.91 Å². The molecule has 0 bridgehead atoms. The van der Waals surface area contributed by atoms with E-state index in [1.165, 1.54) is 0 Å². The van der Waals surface area contributed by atoms with E-state index < -0.39 is 0 Å². The predicted molar refractivity (Wildman–Crippen MR) is 52.0 cm³/mol. The number of nitrogens with two attached hydrogens (primary N) is 1. The molecule has 0 unspecified atom stereocenters. The van der Waals surface area contributed by atoms with Gasteiger partial charge in [-0.15, -0.1) is 0 Å². The first-order chi connectivity index (χ1) is 6.24. The monoisotopic (exact) mass is 179 g/mol. The van der Waals surface area contributed by atoms with Gasteiger partial charge in [-0.3, -0.25) is 10.2 Å². The summed E-state index contributed by atoms with van der Waals surface area (Å²) in [4.78, 5) is 12.7. The molecule has 0 fully saturated rings. The number of rotatable bonds is 3. The Labute approximate surface area is 77.3 Å². The van der Waals surface area contributed by atoms with Crippen LogP contribution in [0, 0.1) is 0 Å². The van der Waals surface area contributed by atoms with Crippen LogP contribution in [-0.2, 0) is 4.79 Å². The van der Waals surface area contributed by atoms with Crippen molar-refractivity contribution >= 4 is 11.6 Å². The van der Waals surface area contributed by atoms with E-state index in [0.717, 1.165) is 5.69 Å². The zero-order chi connectivity index (χ0) is 9.68. The van der Waals surface area contributed by atoms with Crippen molar-refractivity contribution in [3.05, 3.63) is 30.3 Å². The summed E-state index contributed by atoms with van der Waals surface area (Å²) in [5, 5.41) is 0. The largest absolute Gasteiger partial charge is 0.365 e. The molecular weight excluding hydrogens is 166 g/mol. The number of hydrogen-bond acceptors (Lipinski definition) is 3. The maximum absolute atomic E-state index is 10.9. The van der Waals surface area contributed by atoms with E-state index in [0.29, 0.717) is 0 Å². The molecule has 0 aliphatic rings. The molecule has 3 N–H and O–H groups in total. The molecule has 0 radical (unpaired) electrons. The second-order valence-electron chi connectivity index (χ2n) is 2.76. The SMILES string of the molecule is CN(CC(=O)NN)c1ccccc1. The van der Waals surface area contributed by atoms with Crippen molar-refractivity contribution in [3.63, 3.8) is 0 Å². The van der Waals surface area contributed by atoms with Crippen molar-refractivity contribution in [1.29, 1.82) is 0 Å². The minimum atomic E-state index is -0.202. The van der Waals surface area contributed by atoms with Crippen LogP contribution in [0.4, 0.5) is 5.69 Å². The summed E-state index contributed by atoms with van der Waals surface area (Å²) >= 11 is 0. The first kappa shape index (κ1) is 9.54. The van der Waals surface area contributed by atoms with E-state index in [1.807, 2.05) is 42.3 Å². The first-order valence-electron chi connectivity index (χ1n) is 3.99. The van der Waals surface area contributed by atoms with E-state index in [1.54, 1.807) is 0 Å². The lowest BCUT2D eigenvalue weighted by molar-refractivity contribution is -0.119. The summed E-state index contributed by atoms with van der Waals surface area (Å²) < 4.78 is 0. The Morgan fingerprint density at radius 3 is 2.62 bits per heavy atom. The van der Waals surface area contributed by atoms with Gasteiger partial charge in [0.2, 0.25) is 0 Å². The van der Waals surface area contributed by atoms with Gasteiger partial charge in [0, 0.05) is 12.7 Å². The molecule has 13 heavy (non-hydrogen) atoms. The van der Waals surface area contributed by atoms with Crippen LogP contribution in [0.5, 0.6) is 0 Å². The molecule has 1 amide bonds. The molecule has 0 aromatic heterocycles. The number of hydrazine groups is 1. The van der Waals surface area contributed by atoms with E-state index in [-0.39, 0.29) is 12.5 Å². The fraction of sp³-hybridized carbons (Fsp3) is 0.222. The Morgan fingerprint density at radius 2 is 2.08 bits per heavy atom. The van der Waals surface area contributed by atoms with E-state index in [4.69, 9.17) is 5.84 Å². The number of para-hydroxylation sites is 1. The molecule has 1 aromatic carbocycles. The molecular formula is C9H13N3O. The molecule has 0 spiro atoms. The molecule has 4 heteroatoms. The number of benzene rings is 1. The van der Waals surface area contributed by atoms with Gasteiger partial charge in [0.05, 0.1) is 6.54 Å². The molecule has 0 saturated heterocycles. The van der Waals surface area contributed by atoms with Crippen molar-refractivity contribution in [2.45, 2.75) is 0 Å². The number of hydrogen-bond donors (Lipinski definition) is 2. The van der Waals surface area contributed by atoms with Crippen LogP contribution in [-0.4, -0.2) is 19.5 Å². The predicted octanol–water partition coefficient (Wildman–Crippen LogP) is 0.113. The lowest BCUT2D eigenvalue weighted by atomic mass is 10.3. The van der Waals surface area contributed by atoms with Crippen LogP contribution in [0.2, 0.25) is 0 Å². The summed E-state index contributed by atoms with van der Waals surface area (Å²) in [5.41, 5.74) is 3.08. The molecule has 70 valence electrons. The topological polar surface area (TPSA) is 58.4 Å². The molecule has 0 aliphatic heterocycles. The Morgan fingerprint density at radius 1 is 1.46 bits per heavy atom. The van der Waals surface area contributed by atoms with Crippen molar-refractivity contribution in [2.75, 3.05) is 18.5 Å². The molecule has 0 saturated carbocycles. The lowest BCUT2D eigenvalue weighted by Crippen LogP contribution is -2.38. The van der Waals surface area contributed by atoms with E-state index >= 15 is 0 Å². The third-order valence-corrected chi connectivity index (χ3v) is 1.74. The summed E-state index contributed by atoms with van der Waals surface area (Å²) in [7, 11) is 1.84. The van der Waals surface area contributed by atoms with Crippen LogP contribution in [0.15, 0.2) is 30.3 Å². The smallest absolute Gasteiger partial charge is 0.253 e. The molecule has 0 heterocycles. The van der Waals surface area contributed by atoms with E-state index in [9.17, 15) is 4.79 Å². The highest BCUT2D eigenvalue weighted by Crippen LogP contribution is 2.09. The highest BCUT2D eigenvalue weighted by atomic mass is 16.2. The number of nitrogens with one attached hydrogen (secondary N) is 1. The average molecular weight is 179 g/mol. The van der Waals surface area contributed by atoms with Crippen LogP contribution in [0.1, 0.15) is 0 Å².